The van der Waals surface area contributed by atoms with Gasteiger partial charge < -0.3 is 14.9 Å². The van der Waals surface area contributed by atoms with Gasteiger partial charge in [-0.3, -0.25) is 9.59 Å². The molecule has 0 aromatic heterocycles. The first kappa shape index (κ1) is 16.3. The second kappa shape index (κ2) is 5.68. The summed E-state index contributed by atoms with van der Waals surface area (Å²) in [5.74, 6) is -3.55. The van der Waals surface area contributed by atoms with E-state index >= 15 is 0 Å². The molecule has 6 nitrogen and oxygen atoms in total. The van der Waals surface area contributed by atoms with Gasteiger partial charge in [0.1, 0.15) is 12.6 Å². The van der Waals surface area contributed by atoms with Crippen LogP contribution in [0.5, 0.6) is 0 Å². The zero-order valence-electron chi connectivity index (χ0n) is 11.0. The van der Waals surface area contributed by atoms with Gasteiger partial charge in [-0.2, -0.15) is 13.2 Å². The molecule has 9 heteroatoms. The van der Waals surface area contributed by atoms with Crippen LogP contribution in [0.4, 0.5) is 13.2 Å². The Morgan fingerprint density at radius 3 is 2.50 bits per heavy atom. The van der Waals surface area contributed by atoms with E-state index in [1.54, 1.807) is 0 Å². The normalized spacial score (nSPS) is 20.9. The van der Waals surface area contributed by atoms with Crippen molar-refractivity contribution in [3.8, 4) is 0 Å². The zero-order chi connectivity index (χ0) is 15.7. The molecule has 114 valence electrons. The molecule has 0 spiro atoms. The molecular weight excluding hydrogens is 281 g/mol. The van der Waals surface area contributed by atoms with Crippen LogP contribution in [0.2, 0.25) is 0 Å². The van der Waals surface area contributed by atoms with Gasteiger partial charge in [-0.05, 0) is 6.92 Å². The topological polar surface area (TPSA) is 77.9 Å². The predicted molar refractivity (Wildman–Crippen MR) is 60.6 cm³/mol. The average molecular weight is 296 g/mol. The molecule has 1 fully saturated rings. The highest BCUT2D eigenvalue weighted by Gasteiger charge is 2.42. The van der Waals surface area contributed by atoms with Gasteiger partial charge in [-0.15, -0.1) is 0 Å². The fraction of sp³-hybridized carbons (Fsp3) is 0.727. The van der Waals surface area contributed by atoms with Crippen LogP contribution in [0.3, 0.4) is 0 Å². The monoisotopic (exact) mass is 296 g/mol. The van der Waals surface area contributed by atoms with Crippen LogP contribution in [0.15, 0.2) is 0 Å². The molecular formula is C11H15F3N2O4. The van der Waals surface area contributed by atoms with E-state index < -0.39 is 42.5 Å². The summed E-state index contributed by atoms with van der Waals surface area (Å²) in [5, 5.41) is 8.78. The third kappa shape index (κ3) is 3.84. The number of halogens is 3. The maximum atomic E-state index is 12.2. The second-order valence-corrected chi connectivity index (χ2v) is 4.75. The minimum absolute atomic E-state index is 0.328. The van der Waals surface area contributed by atoms with Gasteiger partial charge in [0.25, 0.3) is 0 Å². The van der Waals surface area contributed by atoms with Crippen molar-refractivity contribution in [2.45, 2.75) is 25.6 Å². The SMILES string of the molecule is CC(C(=O)O)N(C)C(=O)C1CC(=O)N(CC(F)(F)F)C1. The molecule has 1 saturated heterocycles. The Bertz CT molecular complexity index is 424. The first-order valence-corrected chi connectivity index (χ1v) is 5.87. The summed E-state index contributed by atoms with van der Waals surface area (Å²) in [4.78, 5) is 35.6. The van der Waals surface area contributed by atoms with Gasteiger partial charge in [0.15, 0.2) is 0 Å². The van der Waals surface area contributed by atoms with Crippen LogP contribution in [-0.4, -0.2) is 65.0 Å². The summed E-state index contributed by atoms with van der Waals surface area (Å²) in [6.07, 6.45) is -4.85. The van der Waals surface area contributed by atoms with Crippen LogP contribution in [0.1, 0.15) is 13.3 Å². The fourth-order valence-corrected chi connectivity index (χ4v) is 1.95. The highest BCUT2D eigenvalue weighted by atomic mass is 19.4. The molecule has 2 atom stereocenters. The summed E-state index contributed by atoms with van der Waals surface area (Å²) in [7, 11) is 1.25. The number of nitrogens with zero attached hydrogens (tertiary/aromatic N) is 2. The number of carboxylic acids is 1. The van der Waals surface area contributed by atoms with Crippen LogP contribution in [0, 0.1) is 5.92 Å². The first-order valence-electron chi connectivity index (χ1n) is 5.87. The Balaban J connectivity index is 2.69. The van der Waals surface area contributed by atoms with Gasteiger partial charge in [-0.1, -0.05) is 0 Å². The smallest absolute Gasteiger partial charge is 0.406 e. The first-order chi connectivity index (χ1) is 9.03. The van der Waals surface area contributed by atoms with E-state index in [-0.39, 0.29) is 13.0 Å². The van der Waals surface area contributed by atoms with Crippen molar-refractivity contribution < 1.29 is 32.7 Å². The molecule has 0 saturated carbocycles. The fourth-order valence-electron chi connectivity index (χ4n) is 1.95. The van der Waals surface area contributed by atoms with Crippen LogP contribution in [-0.2, 0) is 14.4 Å². The zero-order valence-corrected chi connectivity index (χ0v) is 11.0. The van der Waals surface area contributed by atoms with Gasteiger partial charge in [0.2, 0.25) is 11.8 Å². The van der Waals surface area contributed by atoms with E-state index in [0.717, 1.165) is 4.90 Å². The van der Waals surface area contributed by atoms with E-state index in [9.17, 15) is 27.6 Å². The van der Waals surface area contributed by atoms with E-state index in [2.05, 4.69) is 0 Å². The highest BCUT2D eigenvalue weighted by molar-refractivity contribution is 5.91. The minimum Gasteiger partial charge on any atom is -0.480 e. The number of hydrogen-bond acceptors (Lipinski definition) is 3. The lowest BCUT2D eigenvalue weighted by Crippen LogP contribution is -2.44. The molecule has 1 aliphatic rings. The number of alkyl halides is 3. The largest absolute Gasteiger partial charge is 0.480 e. The van der Waals surface area contributed by atoms with Crippen molar-refractivity contribution >= 4 is 17.8 Å². The lowest BCUT2D eigenvalue weighted by atomic mass is 10.1. The molecule has 0 bridgehead atoms. The molecule has 2 amide bonds. The third-order valence-corrected chi connectivity index (χ3v) is 3.22. The summed E-state index contributed by atoms with van der Waals surface area (Å²) >= 11 is 0. The van der Waals surface area contributed by atoms with Gasteiger partial charge >= 0.3 is 12.1 Å². The summed E-state index contributed by atoms with van der Waals surface area (Å²) < 4.78 is 36.7. The molecule has 20 heavy (non-hydrogen) atoms. The van der Waals surface area contributed by atoms with Gasteiger partial charge in [0.05, 0.1) is 5.92 Å². The Morgan fingerprint density at radius 1 is 1.50 bits per heavy atom. The molecule has 0 radical (unpaired) electrons. The number of hydrogen-bond donors (Lipinski definition) is 1. The van der Waals surface area contributed by atoms with Gasteiger partial charge in [-0.25, -0.2) is 4.79 Å². The number of aliphatic carboxylic acids is 1. The molecule has 1 heterocycles. The number of likely N-dealkylation sites (N-methyl/N-ethyl adjacent to an activating group) is 1. The average Bonchev–Trinajstić information content (AvgIpc) is 2.65. The summed E-state index contributed by atoms with van der Waals surface area (Å²) in [5.41, 5.74) is 0. The van der Waals surface area contributed by atoms with Crippen molar-refractivity contribution in [3.63, 3.8) is 0 Å². The summed E-state index contributed by atoms with van der Waals surface area (Å²) in [6, 6.07) is -1.10. The number of carboxylic acid groups (broad SMARTS) is 1. The van der Waals surface area contributed by atoms with Crippen LogP contribution in [0.25, 0.3) is 0 Å². The molecule has 1 rings (SSSR count). The van der Waals surface area contributed by atoms with Crippen LogP contribution >= 0.6 is 0 Å². The van der Waals surface area contributed by atoms with Crippen molar-refractivity contribution in [1.29, 1.82) is 0 Å². The second-order valence-electron chi connectivity index (χ2n) is 4.75. The lowest BCUT2D eigenvalue weighted by Gasteiger charge is -2.24. The highest BCUT2D eigenvalue weighted by Crippen LogP contribution is 2.25. The number of carbonyl (C=O) groups excluding carboxylic acids is 2. The summed E-state index contributed by atoms with van der Waals surface area (Å²) in [6.45, 7) is -0.452. The van der Waals surface area contributed by atoms with Crippen molar-refractivity contribution in [2.24, 2.45) is 5.92 Å². The Hall–Kier alpha value is -1.80. The number of likely N-dealkylation sites (tertiary alicyclic amines) is 1. The minimum atomic E-state index is -4.52. The molecule has 0 aliphatic carbocycles. The predicted octanol–water partition coefficient (Wildman–Crippen LogP) is 0.329. The van der Waals surface area contributed by atoms with Crippen molar-refractivity contribution in [2.75, 3.05) is 20.1 Å². The number of carbonyl (C=O) groups is 3. The lowest BCUT2D eigenvalue weighted by molar-refractivity contribution is -0.157. The number of amides is 2. The maximum Gasteiger partial charge on any atom is 0.406 e. The molecule has 0 aromatic carbocycles. The van der Waals surface area contributed by atoms with E-state index in [1.807, 2.05) is 0 Å². The van der Waals surface area contributed by atoms with Crippen LogP contribution < -0.4 is 0 Å². The molecule has 1 aliphatic heterocycles. The molecule has 1 N–H and O–H groups in total. The van der Waals surface area contributed by atoms with Crippen molar-refractivity contribution in [1.82, 2.24) is 9.80 Å². The molecule has 0 aromatic rings. The Labute approximate surface area is 113 Å². The Kier molecular flexibility index (Phi) is 4.61. The van der Waals surface area contributed by atoms with Gasteiger partial charge in [0, 0.05) is 20.0 Å². The van der Waals surface area contributed by atoms with E-state index in [0.29, 0.717) is 4.90 Å². The van der Waals surface area contributed by atoms with E-state index in [4.69, 9.17) is 5.11 Å². The Morgan fingerprint density at radius 2 is 2.05 bits per heavy atom. The van der Waals surface area contributed by atoms with E-state index in [1.165, 1.54) is 14.0 Å². The quantitative estimate of drug-likeness (QED) is 0.811. The van der Waals surface area contributed by atoms with Crippen molar-refractivity contribution in [3.05, 3.63) is 0 Å². The third-order valence-electron chi connectivity index (χ3n) is 3.22. The standard InChI is InChI=1S/C11H15F3N2O4/c1-6(10(19)20)15(2)9(18)7-3-8(17)16(4-7)5-11(12,13)14/h6-7H,3-5H2,1-2H3,(H,19,20). The maximum absolute atomic E-state index is 12.2. The molecule has 2 unspecified atom stereocenters. The number of rotatable bonds is 4.